The Morgan fingerprint density at radius 1 is 0.964 bits per heavy atom. The molecule has 0 aliphatic rings. The van der Waals surface area contributed by atoms with Crippen molar-refractivity contribution in [3.8, 4) is 0 Å². The van der Waals surface area contributed by atoms with Crippen LogP contribution in [0.15, 0.2) is 54.7 Å². The number of nitrogens with one attached hydrogen (secondary N) is 3. The highest BCUT2D eigenvalue weighted by molar-refractivity contribution is 6.00. The maximum atomic E-state index is 13.6. The van der Waals surface area contributed by atoms with E-state index >= 15 is 0 Å². The highest BCUT2D eigenvalue weighted by Crippen LogP contribution is 2.21. The summed E-state index contributed by atoms with van der Waals surface area (Å²) in [6.45, 7) is 0. The normalized spacial score (nSPS) is 10.3. The first-order valence-electron chi connectivity index (χ1n) is 8.31. The SMILES string of the molecule is CN(C)c1cnnc(Nc2ccc(NC(=O)Nc3c(F)cccc3F)cc2)c1. The summed E-state index contributed by atoms with van der Waals surface area (Å²) in [4.78, 5) is 13.9. The first kappa shape index (κ1) is 19.0. The number of benzene rings is 2. The number of rotatable bonds is 5. The van der Waals surface area contributed by atoms with E-state index in [9.17, 15) is 13.6 Å². The summed E-state index contributed by atoms with van der Waals surface area (Å²) in [6.07, 6.45) is 1.65. The Hall–Kier alpha value is -3.75. The number of carbonyl (C=O) groups excluding carboxylic acids is 1. The van der Waals surface area contributed by atoms with Gasteiger partial charge in [0.25, 0.3) is 0 Å². The number of amides is 2. The third-order valence-corrected chi connectivity index (χ3v) is 3.77. The Balaban J connectivity index is 1.63. The van der Waals surface area contributed by atoms with Crippen LogP contribution in [0, 0.1) is 11.6 Å². The topological polar surface area (TPSA) is 82.2 Å². The summed E-state index contributed by atoms with van der Waals surface area (Å²) in [6, 6.07) is 11.2. The molecule has 9 heteroatoms. The van der Waals surface area contributed by atoms with Crippen molar-refractivity contribution in [3.05, 3.63) is 66.4 Å². The summed E-state index contributed by atoms with van der Waals surface area (Å²) >= 11 is 0. The van der Waals surface area contributed by atoms with Crippen molar-refractivity contribution in [2.24, 2.45) is 0 Å². The number of hydrogen-bond donors (Lipinski definition) is 3. The molecule has 0 unspecified atom stereocenters. The molecule has 3 aromatic rings. The lowest BCUT2D eigenvalue weighted by Gasteiger charge is -2.13. The van der Waals surface area contributed by atoms with Crippen molar-refractivity contribution in [1.29, 1.82) is 0 Å². The molecule has 3 N–H and O–H groups in total. The molecular weight excluding hydrogens is 366 g/mol. The van der Waals surface area contributed by atoms with E-state index in [1.54, 1.807) is 30.5 Å². The summed E-state index contributed by atoms with van der Waals surface area (Å²) in [5.41, 5.74) is 1.58. The predicted molar refractivity (Wildman–Crippen MR) is 105 cm³/mol. The van der Waals surface area contributed by atoms with Crippen LogP contribution in [0.3, 0.4) is 0 Å². The van der Waals surface area contributed by atoms with Crippen molar-refractivity contribution in [3.63, 3.8) is 0 Å². The number of aromatic nitrogens is 2. The first-order valence-corrected chi connectivity index (χ1v) is 8.31. The van der Waals surface area contributed by atoms with Crippen LogP contribution in [0.25, 0.3) is 0 Å². The molecular formula is C19H18F2N6O. The molecule has 1 aromatic heterocycles. The zero-order chi connectivity index (χ0) is 20.1. The largest absolute Gasteiger partial charge is 0.376 e. The molecule has 28 heavy (non-hydrogen) atoms. The van der Waals surface area contributed by atoms with Gasteiger partial charge < -0.3 is 20.9 Å². The second kappa shape index (κ2) is 8.30. The summed E-state index contributed by atoms with van der Waals surface area (Å²) < 4.78 is 27.2. The minimum absolute atomic E-state index is 0.452. The number of para-hydroxylation sites is 1. The van der Waals surface area contributed by atoms with Crippen LogP contribution in [-0.2, 0) is 0 Å². The lowest BCUT2D eigenvalue weighted by Crippen LogP contribution is -2.20. The van der Waals surface area contributed by atoms with Crippen molar-refractivity contribution in [2.75, 3.05) is 34.9 Å². The smallest absolute Gasteiger partial charge is 0.323 e. The van der Waals surface area contributed by atoms with Crippen molar-refractivity contribution in [1.82, 2.24) is 10.2 Å². The maximum absolute atomic E-state index is 13.6. The molecule has 3 rings (SSSR count). The van der Waals surface area contributed by atoms with Crippen molar-refractivity contribution in [2.45, 2.75) is 0 Å². The van der Waals surface area contributed by atoms with Gasteiger partial charge in [0.2, 0.25) is 0 Å². The van der Waals surface area contributed by atoms with Gasteiger partial charge in [-0.3, -0.25) is 0 Å². The molecule has 0 saturated carbocycles. The number of hydrogen-bond acceptors (Lipinski definition) is 5. The minimum Gasteiger partial charge on any atom is -0.376 e. The summed E-state index contributed by atoms with van der Waals surface area (Å²) in [7, 11) is 3.80. The average molecular weight is 384 g/mol. The van der Waals surface area contributed by atoms with Gasteiger partial charge in [-0.25, -0.2) is 13.6 Å². The predicted octanol–water partition coefficient (Wildman–Crippen LogP) is 4.21. The van der Waals surface area contributed by atoms with E-state index in [4.69, 9.17) is 0 Å². The van der Waals surface area contributed by atoms with Crippen molar-refractivity contribution < 1.29 is 13.6 Å². The monoisotopic (exact) mass is 384 g/mol. The van der Waals surface area contributed by atoms with E-state index in [0.29, 0.717) is 11.5 Å². The Bertz CT molecular complexity index is 958. The van der Waals surface area contributed by atoms with Gasteiger partial charge in [0, 0.05) is 31.5 Å². The van der Waals surface area contributed by atoms with E-state index in [-0.39, 0.29) is 0 Å². The van der Waals surface area contributed by atoms with E-state index in [1.807, 2.05) is 25.1 Å². The number of anilines is 5. The lowest BCUT2D eigenvalue weighted by atomic mass is 10.2. The van der Waals surface area contributed by atoms with Gasteiger partial charge in [-0.2, -0.15) is 5.10 Å². The second-order valence-corrected chi connectivity index (χ2v) is 6.07. The average Bonchev–Trinajstić information content (AvgIpc) is 2.67. The summed E-state index contributed by atoms with van der Waals surface area (Å²) in [5, 5.41) is 15.7. The third kappa shape index (κ3) is 4.70. The van der Waals surface area contributed by atoms with Crippen LogP contribution >= 0.6 is 0 Å². The van der Waals surface area contributed by atoms with Gasteiger partial charge in [-0.05, 0) is 36.4 Å². The third-order valence-electron chi connectivity index (χ3n) is 3.77. The van der Waals surface area contributed by atoms with Gasteiger partial charge in [-0.1, -0.05) is 6.07 Å². The van der Waals surface area contributed by atoms with Crippen LogP contribution in [0.2, 0.25) is 0 Å². The number of carbonyl (C=O) groups is 1. The highest BCUT2D eigenvalue weighted by Gasteiger charge is 2.12. The molecule has 0 bridgehead atoms. The Kier molecular flexibility index (Phi) is 5.64. The Morgan fingerprint density at radius 2 is 1.61 bits per heavy atom. The van der Waals surface area contributed by atoms with Crippen LogP contribution in [0.4, 0.5) is 42.1 Å². The molecule has 0 atom stereocenters. The minimum atomic E-state index is -0.851. The van der Waals surface area contributed by atoms with Gasteiger partial charge in [0.15, 0.2) is 5.82 Å². The number of nitrogens with zero attached hydrogens (tertiary/aromatic N) is 3. The van der Waals surface area contributed by atoms with E-state index in [0.717, 1.165) is 23.5 Å². The Labute approximate surface area is 160 Å². The fourth-order valence-electron chi connectivity index (χ4n) is 2.34. The molecule has 0 fully saturated rings. The van der Waals surface area contributed by atoms with E-state index in [2.05, 4.69) is 26.1 Å². The lowest BCUT2D eigenvalue weighted by molar-refractivity contribution is 0.262. The first-order chi connectivity index (χ1) is 13.4. The van der Waals surface area contributed by atoms with Gasteiger partial charge in [0.05, 0.1) is 11.9 Å². The molecule has 7 nitrogen and oxygen atoms in total. The fourth-order valence-corrected chi connectivity index (χ4v) is 2.34. The molecule has 2 amide bonds. The van der Waals surface area contributed by atoms with Crippen LogP contribution in [-0.4, -0.2) is 30.3 Å². The zero-order valence-corrected chi connectivity index (χ0v) is 15.2. The molecule has 0 aliphatic heterocycles. The van der Waals surface area contributed by atoms with Gasteiger partial charge in [-0.15, -0.1) is 5.10 Å². The molecule has 1 heterocycles. The quantitative estimate of drug-likeness (QED) is 0.614. The molecule has 2 aromatic carbocycles. The van der Waals surface area contributed by atoms with Crippen LogP contribution < -0.4 is 20.9 Å². The van der Waals surface area contributed by atoms with Gasteiger partial charge >= 0.3 is 6.03 Å². The highest BCUT2D eigenvalue weighted by atomic mass is 19.1. The maximum Gasteiger partial charge on any atom is 0.323 e. The fraction of sp³-hybridized carbons (Fsp3) is 0.105. The molecule has 0 aliphatic carbocycles. The van der Waals surface area contributed by atoms with Gasteiger partial charge in [0.1, 0.15) is 17.3 Å². The Morgan fingerprint density at radius 3 is 2.25 bits per heavy atom. The standard InChI is InChI=1S/C19H18F2N6O/c1-27(2)14-10-17(26-22-11-14)23-12-6-8-13(9-7-12)24-19(28)25-18-15(20)4-3-5-16(18)21/h3-11H,1-2H3,(H,23,26)(H2,24,25,28). The second-order valence-electron chi connectivity index (χ2n) is 6.07. The molecule has 0 spiro atoms. The zero-order valence-electron chi connectivity index (χ0n) is 15.2. The van der Waals surface area contributed by atoms with Crippen molar-refractivity contribution >= 4 is 34.6 Å². The summed E-state index contributed by atoms with van der Waals surface area (Å²) in [5.74, 6) is -1.13. The van der Waals surface area contributed by atoms with Crippen LogP contribution in [0.1, 0.15) is 0 Å². The molecule has 144 valence electrons. The van der Waals surface area contributed by atoms with E-state index < -0.39 is 23.4 Å². The van der Waals surface area contributed by atoms with Crippen LogP contribution in [0.5, 0.6) is 0 Å². The number of halogens is 2. The van der Waals surface area contributed by atoms with E-state index in [1.165, 1.54) is 6.07 Å². The molecule has 0 saturated heterocycles. The molecule has 0 radical (unpaired) electrons. The number of urea groups is 1.